The molecule has 200 valence electrons. The zero-order valence-corrected chi connectivity index (χ0v) is 31.9. The summed E-state index contributed by atoms with van der Waals surface area (Å²) < 4.78 is 100. The third-order valence-electron chi connectivity index (χ3n) is 5.79. The number of benzene rings is 3. The van der Waals surface area contributed by atoms with E-state index < -0.39 is 38.3 Å². The average molecular weight is 653 g/mol. The van der Waals surface area contributed by atoms with E-state index >= 15 is 0 Å². The van der Waals surface area contributed by atoms with Crippen LogP contribution < -0.4 is 88.7 Å². The quantitative estimate of drug-likeness (QED) is 0.105. The van der Waals surface area contributed by atoms with Crippen LogP contribution in [0.1, 0.15) is 16.7 Å². The van der Waals surface area contributed by atoms with Gasteiger partial charge in [0, 0.05) is 0 Å². The van der Waals surface area contributed by atoms with Crippen LogP contribution in [-0.2, 0) is 49.6 Å². The van der Waals surface area contributed by atoms with Crippen LogP contribution in [0.2, 0.25) is 0 Å². The van der Waals surface area contributed by atoms with Gasteiger partial charge in [-0.15, -0.1) is 7.92 Å². The van der Waals surface area contributed by atoms with Crippen molar-refractivity contribution in [3.63, 3.8) is 0 Å². The van der Waals surface area contributed by atoms with Gasteiger partial charge in [0.1, 0.15) is 30.4 Å². The Morgan fingerprint density at radius 1 is 0.425 bits per heavy atom. The minimum absolute atomic E-state index is 0. The molecule has 0 aliphatic heterocycles. The van der Waals surface area contributed by atoms with Crippen LogP contribution in [0.3, 0.4) is 0 Å². The second-order valence-corrected chi connectivity index (χ2v) is 15.2. The van der Waals surface area contributed by atoms with Crippen LogP contribution in [0.15, 0.2) is 87.5 Å². The molecule has 0 heterocycles. The number of aryl methyl sites for hydroxylation is 3. The Labute approximate surface area is 303 Å². The van der Waals surface area contributed by atoms with Crippen molar-refractivity contribution in [1.29, 1.82) is 0 Å². The van der Waals surface area contributed by atoms with E-state index in [9.17, 15) is 38.9 Å². The van der Waals surface area contributed by atoms with Crippen LogP contribution >= 0.6 is 7.92 Å². The summed E-state index contributed by atoms with van der Waals surface area (Å²) in [5.41, 5.74) is 2.65. The summed E-state index contributed by atoms with van der Waals surface area (Å²) in [6.07, 6.45) is 4.39. The van der Waals surface area contributed by atoms with Crippen LogP contribution in [-0.4, -0.2) is 57.4 Å². The molecule has 3 aromatic carbocycles. The molecule has 0 aliphatic carbocycles. The zero-order chi connectivity index (χ0) is 27.3. The fraction of sp³-hybridized carbons (Fsp3) is 0.250. The summed E-state index contributed by atoms with van der Waals surface area (Å²) in [7, 11) is -14.1. The van der Waals surface area contributed by atoms with Gasteiger partial charge in [-0.3, -0.25) is 0 Å². The second-order valence-electron chi connectivity index (χ2n) is 8.39. The molecule has 9 nitrogen and oxygen atoms in total. The summed E-state index contributed by atoms with van der Waals surface area (Å²) in [5, 5.41) is 0. The van der Waals surface area contributed by atoms with Gasteiger partial charge in [-0.2, -0.15) is 0 Å². The van der Waals surface area contributed by atoms with Crippen LogP contribution in [0.5, 0.6) is 0 Å². The Bertz CT molecular complexity index is 1340. The standard InChI is InChI=1S/C24H27O9PS3.3Na/c25-35(26,27)22-7-1-19(2-8-22)13-16-34(17-14-20-3-9-23(10-4-20)36(28,29)30)18-15-21-5-11-24(12-6-21)37(31,32)33;;;/h1-12H,13-18H2,(H,25,26,27)(H,28,29,30)(H,31,32,33);;;/q;3*+1/p-3. The third-order valence-corrected chi connectivity index (χ3v) is 10.9. The van der Waals surface area contributed by atoms with E-state index in [1.165, 1.54) is 36.4 Å². The van der Waals surface area contributed by atoms with Gasteiger partial charge in [0.15, 0.2) is 0 Å². The predicted octanol–water partition coefficient (Wildman–Crippen LogP) is -6.08. The van der Waals surface area contributed by atoms with Crippen molar-refractivity contribution in [2.75, 3.05) is 18.5 Å². The smallest absolute Gasteiger partial charge is 0.744 e. The largest absolute Gasteiger partial charge is 1.00 e. The van der Waals surface area contributed by atoms with Crippen molar-refractivity contribution in [2.24, 2.45) is 0 Å². The van der Waals surface area contributed by atoms with Crippen LogP contribution in [0, 0.1) is 0 Å². The number of rotatable bonds is 12. The van der Waals surface area contributed by atoms with E-state index in [4.69, 9.17) is 0 Å². The van der Waals surface area contributed by atoms with Crippen molar-refractivity contribution in [1.82, 2.24) is 0 Å². The molecule has 0 atom stereocenters. The molecule has 0 unspecified atom stereocenters. The van der Waals surface area contributed by atoms with Gasteiger partial charge in [-0.25, -0.2) is 25.3 Å². The van der Waals surface area contributed by atoms with Crippen molar-refractivity contribution in [2.45, 2.75) is 33.9 Å². The SMILES string of the molecule is O=S(=O)([O-])c1ccc(CCP(CCc2ccc(S(=O)(=O)[O-])cc2)CCc2ccc(S(=O)(=O)[O-])cc2)cc1.[Na+].[Na+].[Na+]. The Kier molecular flexibility index (Phi) is 18.3. The van der Waals surface area contributed by atoms with E-state index in [1.807, 2.05) is 0 Å². The molecule has 3 rings (SSSR count). The fourth-order valence-corrected chi connectivity index (χ4v) is 7.47. The van der Waals surface area contributed by atoms with E-state index in [1.54, 1.807) is 36.4 Å². The first-order chi connectivity index (χ1) is 17.2. The van der Waals surface area contributed by atoms with E-state index in [2.05, 4.69) is 0 Å². The second kappa shape index (κ2) is 17.9. The van der Waals surface area contributed by atoms with Gasteiger partial charge in [-0.1, -0.05) is 36.4 Å². The Morgan fingerprint density at radius 2 is 0.625 bits per heavy atom. The molecule has 0 N–H and O–H groups in total. The van der Waals surface area contributed by atoms with Crippen LogP contribution in [0.25, 0.3) is 0 Å². The Morgan fingerprint density at radius 3 is 0.800 bits per heavy atom. The normalized spacial score (nSPS) is 11.7. The molecule has 0 fully saturated rings. The molecular formula is C24H24Na3O9PS3. The number of hydrogen-bond donors (Lipinski definition) is 0. The van der Waals surface area contributed by atoms with Gasteiger partial charge < -0.3 is 13.7 Å². The molecule has 3 aromatic rings. The topological polar surface area (TPSA) is 172 Å². The molecule has 0 amide bonds. The van der Waals surface area contributed by atoms with Gasteiger partial charge in [0.05, 0.1) is 14.7 Å². The maximum atomic E-state index is 11.1. The first-order valence-corrected chi connectivity index (χ1v) is 17.2. The van der Waals surface area contributed by atoms with Gasteiger partial charge >= 0.3 is 88.7 Å². The molecule has 0 spiro atoms. The molecule has 0 radical (unpaired) electrons. The minimum Gasteiger partial charge on any atom is -0.744 e. The van der Waals surface area contributed by atoms with Gasteiger partial charge in [0.2, 0.25) is 0 Å². The molecule has 16 heteroatoms. The maximum Gasteiger partial charge on any atom is 1.00 e. The monoisotopic (exact) mass is 652 g/mol. The van der Waals surface area contributed by atoms with E-state index in [-0.39, 0.29) is 103 Å². The predicted molar refractivity (Wildman–Crippen MR) is 136 cm³/mol. The zero-order valence-electron chi connectivity index (χ0n) is 22.5. The summed E-state index contributed by atoms with van der Waals surface area (Å²) in [5.74, 6) is 0. The summed E-state index contributed by atoms with van der Waals surface area (Å²) in [4.78, 5) is -0.859. The van der Waals surface area contributed by atoms with Crippen molar-refractivity contribution in [3.8, 4) is 0 Å². The van der Waals surface area contributed by atoms with Crippen molar-refractivity contribution >= 4 is 38.3 Å². The Hall–Kier alpha value is 0.820. The van der Waals surface area contributed by atoms with E-state index in [0.29, 0.717) is 19.3 Å². The number of hydrogen-bond acceptors (Lipinski definition) is 9. The molecule has 0 saturated heterocycles. The molecule has 0 aromatic heterocycles. The molecule has 0 bridgehead atoms. The molecule has 0 saturated carbocycles. The van der Waals surface area contributed by atoms with Crippen molar-refractivity contribution in [3.05, 3.63) is 89.5 Å². The minimum atomic E-state index is -4.51. The first-order valence-electron chi connectivity index (χ1n) is 11.1. The average Bonchev–Trinajstić information content (AvgIpc) is 2.82. The van der Waals surface area contributed by atoms with E-state index in [0.717, 1.165) is 35.2 Å². The molecule has 40 heavy (non-hydrogen) atoms. The van der Waals surface area contributed by atoms with Gasteiger partial charge in [-0.05, 0) is 90.8 Å². The third kappa shape index (κ3) is 13.6. The van der Waals surface area contributed by atoms with Crippen LogP contribution in [0.4, 0.5) is 0 Å². The fourth-order valence-electron chi connectivity index (χ4n) is 3.67. The first kappa shape index (κ1) is 40.8. The maximum absolute atomic E-state index is 11.1. The van der Waals surface area contributed by atoms with Gasteiger partial charge in [0.25, 0.3) is 0 Å². The molecular weight excluding hydrogens is 628 g/mol. The Balaban J connectivity index is 0.00000507. The molecule has 0 aliphatic rings. The van der Waals surface area contributed by atoms with Crippen molar-refractivity contribution < 1.29 is 128 Å². The summed E-state index contributed by atoms with van der Waals surface area (Å²) in [6, 6.07) is 17.4. The summed E-state index contributed by atoms with van der Waals surface area (Å²) >= 11 is 0. The summed E-state index contributed by atoms with van der Waals surface area (Å²) in [6.45, 7) is 0.